The van der Waals surface area contributed by atoms with Gasteiger partial charge in [0.15, 0.2) is 5.78 Å². The maximum atomic E-state index is 11.2. The van der Waals surface area contributed by atoms with Gasteiger partial charge in [-0.05, 0) is 18.9 Å². The number of carboxylic acids is 1. The Bertz CT molecular complexity index is 190. The number of ketones is 1. The van der Waals surface area contributed by atoms with Crippen molar-refractivity contribution in [2.75, 3.05) is 0 Å². The summed E-state index contributed by atoms with van der Waals surface area (Å²) in [6.45, 7) is 3.83. The third-order valence-corrected chi connectivity index (χ3v) is 1.78. The summed E-state index contributed by atoms with van der Waals surface area (Å²) < 4.78 is 0. The van der Waals surface area contributed by atoms with Crippen LogP contribution >= 0.6 is 0 Å². The Morgan fingerprint density at radius 2 is 1.75 bits per heavy atom. The van der Waals surface area contributed by atoms with Gasteiger partial charge in [0.25, 0.3) is 0 Å². The van der Waals surface area contributed by atoms with Crippen molar-refractivity contribution in [1.82, 2.24) is 0 Å². The van der Waals surface area contributed by atoms with Crippen LogP contribution in [0.3, 0.4) is 0 Å². The third kappa shape index (κ3) is 3.91. The first-order valence-corrected chi connectivity index (χ1v) is 4.06. The zero-order valence-corrected chi connectivity index (χ0v) is 7.41. The van der Waals surface area contributed by atoms with Crippen molar-refractivity contribution in [3.8, 4) is 0 Å². The normalized spacial score (nSPS) is 10.9. The van der Waals surface area contributed by atoms with E-state index in [9.17, 15) is 9.59 Å². The monoisotopic (exact) mass is 170 g/mol. The summed E-state index contributed by atoms with van der Waals surface area (Å²) in [7, 11) is 0. The van der Waals surface area contributed by atoms with Gasteiger partial charge in [-0.2, -0.15) is 0 Å². The fourth-order valence-corrected chi connectivity index (χ4v) is 0.981. The molecule has 0 aliphatic heterocycles. The van der Waals surface area contributed by atoms with E-state index in [0.29, 0.717) is 0 Å². The predicted octanol–water partition coefficient (Wildman–Crippen LogP) is 1.63. The van der Waals surface area contributed by atoms with Crippen LogP contribution in [-0.2, 0) is 9.59 Å². The topological polar surface area (TPSA) is 54.4 Å². The molecule has 0 aromatic heterocycles. The highest BCUT2D eigenvalue weighted by molar-refractivity contribution is 5.96. The lowest BCUT2D eigenvalue weighted by atomic mass is 9.98. The summed E-state index contributed by atoms with van der Waals surface area (Å²) in [6.07, 6.45) is 3.55. The Labute approximate surface area is 72.1 Å². The highest BCUT2D eigenvalue weighted by Crippen LogP contribution is 2.09. The number of carboxylic acid groups (broad SMARTS) is 1. The molecule has 0 radical (unpaired) electrons. The lowest BCUT2D eigenvalue weighted by molar-refractivity contribution is -0.131. The molecule has 0 aliphatic carbocycles. The van der Waals surface area contributed by atoms with Crippen molar-refractivity contribution >= 4 is 11.8 Å². The Kier molecular flexibility index (Phi) is 5.00. The molecule has 12 heavy (non-hydrogen) atoms. The van der Waals surface area contributed by atoms with Crippen LogP contribution in [0.4, 0.5) is 0 Å². The van der Waals surface area contributed by atoms with Gasteiger partial charge in [-0.1, -0.05) is 13.8 Å². The van der Waals surface area contributed by atoms with Crippen LogP contribution in [-0.4, -0.2) is 16.9 Å². The second-order valence-corrected chi connectivity index (χ2v) is 2.59. The molecule has 0 bridgehead atoms. The SMILES string of the molecule is CCC(CC)C(=O)C=CC(=O)O. The number of aliphatic carboxylic acids is 1. The molecule has 0 aliphatic rings. The summed E-state index contributed by atoms with van der Waals surface area (Å²) >= 11 is 0. The van der Waals surface area contributed by atoms with E-state index >= 15 is 0 Å². The molecule has 0 spiro atoms. The number of rotatable bonds is 5. The Morgan fingerprint density at radius 1 is 1.25 bits per heavy atom. The molecule has 0 saturated carbocycles. The fraction of sp³-hybridized carbons (Fsp3) is 0.556. The Morgan fingerprint density at radius 3 is 2.08 bits per heavy atom. The minimum atomic E-state index is -1.07. The van der Waals surface area contributed by atoms with E-state index < -0.39 is 5.97 Å². The van der Waals surface area contributed by atoms with E-state index in [1.807, 2.05) is 13.8 Å². The van der Waals surface area contributed by atoms with Crippen molar-refractivity contribution in [3.63, 3.8) is 0 Å². The van der Waals surface area contributed by atoms with E-state index in [1.165, 1.54) is 0 Å². The lowest BCUT2D eigenvalue weighted by Crippen LogP contribution is -2.09. The predicted molar refractivity (Wildman–Crippen MR) is 45.9 cm³/mol. The second-order valence-electron chi connectivity index (χ2n) is 2.59. The van der Waals surface area contributed by atoms with Crippen molar-refractivity contribution in [1.29, 1.82) is 0 Å². The first-order chi connectivity index (χ1) is 5.61. The van der Waals surface area contributed by atoms with E-state index in [-0.39, 0.29) is 11.7 Å². The minimum Gasteiger partial charge on any atom is -0.478 e. The van der Waals surface area contributed by atoms with E-state index in [4.69, 9.17) is 5.11 Å². The van der Waals surface area contributed by atoms with E-state index in [2.05, 4.69) is 0 Å². The average molecular weight is 170 g/mol. The van der Waals surface area contributed by atoms with Gasteiger partial charge in [-0.15, -0.1) is 0 Å². The van der Waals surface area contributed by atoms with Gasteiger partial charge >= 0.3 is 5.97 Å². The smallest absolute Gasteiger partial charge is 0.328 e. The van der Waals surface area contributed by atoms with Crippen molar-refractivity contribution in [2.45, 2.75) is 26.7 Å². The molecule has 0 saturated heterocycles. The van der Waals surface area contributed by atoms with Crippen LogP contribution in [0.5, 0.6) is 0 Å². The van der Waals surface area contributed by atoms with Crippen LogP contribution in [0.15, 0.2) is 12.2 Å². The zero-order valence-electron chi connectivity index (χ0n) is 7.41. The van der Waals surface area contributed by atoms with Gasteiger partial charge in [0.05, 0.1) is 0 Å². The second kappa shape index (κ2) is 5.52. The number of hydrogen-bond donors (Lipinski definition) is 1. The lowest BCUT2D eigenvalue weighted by Gasteiger charge is -2.05. The highest BCUT2D eigenvalue weighted by Gasteiger charge is 2.10. The summed E-state index contributed by atoms with van der Waals surface area (Å²) in [5.74, 6) is -1.20. The van der Waals surface area contributed by atoms with Gasteiger partial charge in [0.1, 0.15) is 0 Å². The molecule has 0 unspecified atom stereocenters. The third-order valence-electron chi connectivity index (χ3n) is 1.78. The first-order valence-electron chi connectivity index (χ1n) is 4.06. The molecule has 0 heterocycles. The Hall–Kier alpha value is -1.12. The molecule has 0 aromatic rings. The maximum Gasteiger partial charge on any atom is 0.328 e. The molecule has 0 amide bonds. The molecule has 68 valence electrons. The molecular formula is C9H14O3. The van der Waals surface area contributed by atoms with E-state index in [0.717, 1.165) is 25.0 Å². The number of allylic oxidation sites excluding steroid dienone is 1. The van der Waals surface area contributed by atoms with Crippen LogP contribution in [0.25, 0.3) is 0 Å². The van der Waals surface area contributed by atoms with Gasteiger partial charge in [0, 0.05) is 12.0 Å². The van der Waals surface area contributed by atoms with Crippen molar-refractivity contribution in [3.05, 3.63) is 12.2 Å². The van der Waals surface area contributed by atoms with Crippen LogP contribution in [0, 0.1) is 5.92 Å². The van der Waals surface area contributed by atoms with Gasteiger partial charge in [0.2, 0.25) is 0 Å². The molecule has 0 atom stereocenters. The summed E-state index contributed by atoms with van der Waals surface area (Å²) in [4.78, 5) is 21.2. The molecule has 3 heteroatoms. The number of carbonyl (C=O) groups excluding carboxylic acids is 1. The van der Waals surface area contributed by atoms with Gasteiger partial charge < -0.3 is 5.11 Å². The van der Waals surface area contributed by atoms with Crippen LogP contribution < -0.4 is 0 Å². The average Bonchev–Trinajstić information content (AvgIpc) is 2.03. The molecule has 0 rings (SSSR count). The molecule has 0 fully saturated rings. The molecule has 1 N–H and O–H groups in total. The molecule has 0 aromatic carbocycles. The summed E-state index contributed by atoms with van der Waals surface area (Å²) in [5.41, 5.74) is 0. The standard InChI is InChI=1S/C9H14O3/c1-3-7(4-2)8(10)5-6-9(11)12/h5-7H,3-4H2,1-2H3,(H,11,12). The van der Waals surface area contributed by atoms with E-state index in [1.54, 1.807) is 0 Å². The summed E-state index contributed by atoms with van der Waals surface area (Å²) in [6, 6.07) is 0. The largest absolute Gasteiger partial charge is 0.478 e. The highest BCUT2D eigenvalue weighted by atomic mass is 16.4. The first kappa shape index (κ1) is 10.9. The Balaban J connectivity index is 4.10. The van der Waals surface area contributed by atoms with Crippen molar-refractivity contribution in [2.24, 2.45) is 5.92 Å². The van der Waals surface area contributed by atoms with Crippen LogP contribution in [0.1, 0.15) is 26.7 Å². The fourth-order valence-electron chi connectivity index (χ4n) is 0.981. The van der Waals surface area contributed by atoms with Gasteiger partial charge in [-0.25, -0.2) is 4.79 Å². The van der Waals surface area contributed by atoms with Crippen LogP contribution in [0.2, 0.25) is 0 Å². The number of hydrogen-bond acceptors (Lipinski definition) is 2. The van der Waals surface area contributed by atoms with Gasteiger partial charge in [-0.3, -0.25) is 4.79 Å². The minimum absolute atomic E-state index is 0.0272. The molecule has 3 nitrogen and oxygen atoms in total. The molecular weight excluding hydrogens is 156 g/mol. The summed E-state index contributed by atoms with van der Waals surface area (Å²) in [5, 5.41) is 8.25. The maximum absolute atomic E-state index is 11.2. The van der Waals surface area contributed by atoms with Crippen molar-refractivity contribution < 1.29 is 14.7 Å². The quantitative estimate of drug-likeness (QED) is 0.638. The number of carbonyl (C=O) groups is 2. The zero-order chi connectivity index (χ0) is 9.56.